The highest BCUT2D eigenvalue weighted by Crippen LogP contribution is 2.44. The number of anilines is 1. The van der Waals surface area contributed by atoms with Gasteiger partial charge in [0.25, 0.3) is 0 Å². The van der Waals surface area contributed by atoms with Crippen molar-refractivity contribution < 1.29 is 23.5 Å². The number of nitriles is 1. The standard InChI is InChI=1S/C29H40FN3O4/c1-29(2,3)37-28(35)33-24-8-6-22(15-24)27(33)26(34)14-20(17-31)13-21-5-7-23(16-25(21)30)32-11-9-19(18-32)10-12-36-4/h5,7,16,19-20,22,24,27H,6,8-15,18H2,1-4H3/t19?,20-,22+,24-,27+/m1/s1. The van der Waals surface area contributed by atoms with Crippen LogP contribution in [0.3, 0.4) is 0 Å². The van der Waals surface area contributed by atoms with Crippen molar-refractivity contribution >= 4 is 17.6 Å². The first kappa shape index (κ1) is 27.4. The van der Waals surface area contributed by atoms with Gasteiger partial charge in [-0.2, -0.15) is 5.26 Å². The molecular formula is C29H40FN3O4. The molecule has 0 radical (unpaired) electrons. The van der Waals surface area contributed by atoms with Crippen LogP contribution in [0.25, 0.3) is 0 Å². The van der Waals surface area contributed by atoms with E-state index in [0.29, 0.717) is 11.5 Å². The van der Waals surface area contributed by atoms with Gasteiger partial charge in [0.1, 0.15) is 11.4 Å². The Balaban J connectivity index is 1.38. The lowest BCUT2D eigenvalue weighted by molar-refractivity contribution is -0.126. The first-order chi connectivity index (χ1) is 17.6. The average molecular weight is 514 g/mol. The molecule has 5 atom stereocenters. The van der Waals surface area contributed by atoms with Crippen LogP contribution < -0.4 is 4.90 Å². The van der Waals surface area contributed by atoms with Crippen molar-refractivity contribution in [3.05, 3.63) is 29.6 Å². The number of ketones is 1. The lowest BCUT2D eigenvalue weighted by Gasteiger charge is -2.35. The predicted octanol–water partition coefficient (Wildman–Crippen LogP) is 5.12. The van der Waals surface area contributed by atoms with Crippen LogP contribution in [0.5, 0.6) is 0 Å². The Morgan fingerprint density at radius 3 is 2.70 bits per heavy atom. The maximum Gasteiger partial charge on any atom is 0.411 e. The van der Waals surface area contributed by atoms with Crippen LogP contribution >= 0.6 is 0 Å². The monoisotopic (exact) mass is 513 g/mol. The summed E-state index contributed by atoms with van der Waals surface area (Å²) in [5.41, 5.74) is 0.640. The summed E-state index contributed by atoms with van der Waals surface area (Å²) in [4.78, 5) is 30.1. The van der Waals surface area contributed by atoms with E-state index in [1.165, 1.54) is 0 Å². The summed E-state index contributed by atoms with van der Waals surface area (Å²) in [7, 11) is 1.71. The number of carbonyl (C=O) groups is 2. The number of carbonyl (C=O) groups excluding carboxylic acids is 2. The molecule has 0 spiro atoms. The summed E-state index contributed by atoms with van der Waals surface area (Å²) >= 11 is 0. The van der Waals surface area contributed by atoms with E-state index in [1.807, 2.05) is 26.8 Å². The molecule has 2 bridgehead atoms. The van der Waals surface area contributed by atoms with E-state index in [4.69, 9.17) is 9.47 Å². The SMILES string of the molecule is COCCC1CCN(c2ccc(C[C@@H](C#N)CC(=O)[C@@H]3[C@H]4CC[C@H](C4)N3C(=O)OC(C)(C)C)c(F)c2)C1. The van der Waals surface area contributed by atoms with Crippen molar-refractivity contribution in [1.82, 2.24) is 4.90 Å². The molecule has 3 fully saturated rings. The lowest BCUT2D eigenvalue weighted by atomic mass is 9.88. The molecule has 0 aromatic heterocycles. The molecule has 2 saturated heterocycles. The van der Waals surface area contributed by atoms with Crippen molar-refractivity contribution in [3.63, 3.8) is 0 Å². The van der Waals surface area contributed by atoms with Crippen LogP contribution in [0.15, 0.2) is 18.2 Å². The zero-order valence-electron chi connectivity index (χ0n) is 22.5. The van der Waals surface area contributed by atoms with Crippen molar-refractivity contribution in [3.8, 4) is 6.07 Å². The number of halogens is 1. The molecule has 2 aliphatic heterocycles. The van der Waals surface area contributed by atoms with E-state index in [1.54, 1.807) is 24.1 Å². The van der Waals surface area contributed by atoms with Crippen LogP contribution in [-0.4, -0.2) is 61.3 Å². The Labute approximate surface area is 219 Å². The lowest BCUT2D eigenvalue weighted by Crippen LogP contribution is -2.51. The molecule has 8 heteroatoms. The number of nitrogens with zero attached hydrogens (tertiary/aromatic N) is 3. The van der Waals surface area contributed by atoms with Crippen molar-refractivity contribution in [2.45, 2.75) is 83.4 Å². The molecule has 0 N–H and O–H groups in total. The van der Waals surface area contributed by atoms with Crippen LogP contribution in [0.2, 0.25) is 0 Å². The van der Waals surface area contributed by atoms with Crippen LogP contribution in [-0.2, 0) is 20.7 Å². The van der Waals surface area contributed by atoms with Gasteiger partial charge in [-0.1, -0.05) is 6.07 Å². The molecule has 3 aliphatic rings. The summed E-state index contributed by atoms with van der Waals surface area (Å²) in [5.74, 6) is -0.476. The minimum atomic E-state index is -0.655. The number of amides is 1. The highest BCUT2D eigenvalue weighted by atomic mass is 19.1. The highest BCUT2D eigenvalue weighted by molar-refractivity contribution is 5.89. The maximum atomic E-state index is 15.1. The fraction of sp³-hybridized carbons (Fsp3) is 0.690. The molecular weight excluding hydrogens is 473 g/mol. The largest absolute Gasteiger partial charge is 0.444 e. The van der Waals surface area contributed by atoms with Gasteiger partial charge in [-0.3, -0.25) is 9.69 Å². The van der Waals surface area contributed by atoms with Crippen LogP contribution in [0.1, 0.15) is 64.9 Å². The quantitative estimate of drug-likeness (QED) is 0.456. The Hall–Kier alpha value is -2.66. The molecule has 7 nitrogen and oxygen atoms in total. The molecule has 1 unspecified atom stereocenters. The summed E-state index contributed by atoms with van der Waals surface area (Å²) in [6.45, 7) is 7.94. The van der Waals surface area contributed by atoms with E-state index in [-0.39, 0.29) is 36.4 Å². The van der Waals surface area contributed by atoms with E-state index in [9.17, 15) is 14.9 Å². The second-order valence-corrected chi connectivity index (χ2v) is 11.9. The van der Waals surface area contributed by atoms with Gasteiger partial charge in [-0.05, 0) is 88.8 Å². The summed E-state index contributed by atoms with van der Waals surface area (Å²) in [6.07, 6.45) is 4.34. The van der Waals surface area contributed by atoms with Gasteiger partial charge in [-0.15, -0.1) is 0 Å². The van der Waals surface area contributed by atoms with Gasteiger partial charge in [0.2, 0.25) is 0 Å². The first-order valence-electron chi connectivity index (χ1n) is 13.6. The number of methoxy groups -OCH3 is 1. The van der Waals surface area contributed by atoms with E-state index in [0.717, 1.165) is 57.5 Å². The number of ether oxygens (including phenoxy) is 2. The topological polar surface area (TPSA) is 82.9 Å². The molecule has 1 amide bonds. The molecule has 202 valence electrons. The summed E-state index contributed by atoms with van der Waals surface area (Å²) < 4.78 is 25.8. The third-order valence-electron chi connectivity index (χ3n) is 8.03. The minimum absolute atomic E-state index is 0.00181. The first-order valence-corrected chi connectivity index (χ1v) is 13.6. The Kier molecular flexibility index (Phi) is 8.42. The maximum absolute atomic E-state index is 15.1. The van der Waals surface area contributed by atoms with E-state index in [2.05, 4.69) is 11.0 Å². The molecule has 1 saturated carbocycles. The van der Waals surface area contributed by atoms with E-state index < -0.39 is 23.7 Å². The fourth-order valence-corrected chi connectivity index (χ4v) is 6.26. The molecule has 37 heavy (non-hydrogen) atoms. The number of likely N-dealkylation sites (tertiary alicyclic amines) is 1. The Morgan fingerprint density at radius 2 is 2.03 bits per heavy atom. The molecule has 4 rings (SSSR count). The van der Waals surface area contributed by atoms with Gasteiger partial charge in [-0.25, -0.2) is 9.18 Å². The van der Waals surface area contributed by atoms with Gasteiger partial charge >= 0.3 is 6.09 Å². The Morgan fingerprint density at radius 1 is 1.24 bits per heavy atom. The average Bonchev–Trinajstić information content (AvgIpc) is 3.58. The number of Topliss-reactive ketones (excluding diaryl/α,β-unsaturated/α-hetero) is 1. The number of benzene rings is 1. The fourth-order valence-electron chi connectivity index (χ4n) is 6.26. The minimum Gasteiger partial charge on any atom is -0.444 e. The van der Waals surface area contributed by atoms with Crippen LogP contribution in [0.4, 0.5) is 14.9 Å². The molecule has 1 aromatic rings. The predicted molar refractivity (Wildman–Crippen MR) is 139 cm³/mol. The zero-order valence-corrected chi connectivity index (χ0v) is 22.5. The van der Waals surface area contributed by atoms with Gasteiger partial charge < -0.3 is 14.4 Å². The zero-order chi connectivity index (χ0) is 26.7. The normalized spacial score (nSPS) is 25.8. The Bertz CT molecular complexity index is 1030. The second kappa shape index (κ2) is 11.4. The van der Waals surface area contributed by atoms with Gasteiger partial charge in [0.15, 0.2) is 5.78 Å². The van der Waals surface area contributed by atoms with E-state index >= 15 is 4.39 Å². The van der Waals surface area contributed by atoms with Crippen molar-refractivity contribution in [2.24, 2.45) is 17.8 Å². The molecule has 1 aliphatic carbocycles. The van der Waals surface area contributed by atoms with Gasteiger partial charge in [0, 0.05) is 45.0 Å². The number of piperidine rings is 1. The van der Waals surface area contributed by atoms with Crippen molar-refractivity contribution in [1.29, 1.82) is 5.26 Å². The summed E-state index contributed by atoms with van der Waals surface area (Å²) in [5, 5.41) is 9.81. The number of rotatable bonds is 9. The third-order valence-corrected chi connectivity index (χ3v) is 8.03. The highest BCUT2D eigenvalue weighted by Gasteiger charge is 2.52. The van der Waals surface area contributed by atoms with Crippen LogP contribution in [0, 0.1) is 34.9 Å². The number of hydrogen-bond acceptors (Lipinski definition) is 6. The van der Waals surface area contributed by atoms with Gasteiger partial charge in [0.05, 0.1) is 18.0 Å². The molecule has 1 aromatic carbocycles. The third kappa shape index (κ3) is 6.43. The number of fused-ring (bicyclic) bond motifs is 2. The smallest absolute Gasteiger partial charge is 0.411 e. The summed E-state index contributed by atoms with van der Waals surface area (Å²) in [6, 6.07) is 6.86. The second-order valence-electron chi connectivity index (χ2n) is 11.9. The molecule has 2 heterocycles. The number of hydrogen-bond donors (Lipinski definition) is 0. The van der Waals surface area contributed by atoms with Crippen molar-refractivity contribution in [2.75, 3.05) is 31.7 Å².